The van der Waals surface area contributed by atoms with Crippen LogP contribution in [0.25, 0.3) is 0 Å². The molecule has 0 radical (unpaired) electrons. The topological polar surface area (TPSA) is 99.5 Å². The molecule has 2 N–H and O–H groups in total. The fraction of sp³-hybridized carbons (Fsp3) is 0.417. The van der Waals surface area contributed by atoms with Crippen LogP contribution in [0.1, 0.15) is 24.8 Å². The first-order valence-electron chi connectivity index (χ1n) is 11.0. The zero-order valence-corrected chi connectivity index (χ0v) is 18.2. The minimum atomic E-state index is -0.550. The normalized spacial score (nSPS) is 18.5. The van der Waals surface area contributed by atoms with Gasteiger partial charge in [-0.15, -0.1) is 0 Å². The first kappa shape index (κ1) is 22.8. The Kier molecular flexibility index (Phi) is 6.98. The lowest BCUT2D eigenvalue weighted by atomic mass is 10.0. The van der Waals surface area contributed by atoms with Crippen LogP contribution < -0.4 is 9.80 Å². The van der Waals surface area contributed by atoms with E-state index < -0.39 is 18.0 Å². The van der Waals surface area contributed by atoms with Crippen molar-refractivity contribution in [2.75, 3.05) is 42.6 Å². The molecular weight excluding hydrogens is 431 g/mol. The molecule has 2 aromatic rings. The van der Waals surface area contributed by atoms with Crippen molar-refractivity contribution in [1.29, 1.82) is 0 Å². The van der Waals surface area contributed by atoms with Gasteiger partial charge in [0.1, 0.15) is 17.7 Å². The molecule has 2 aliphatic heterocycles. The lowest BCUT2D eigenvalue weighted by molar-refractivity contribution is -0.119. The van der Waals surface area contributed by atoms with Gasteiger partial charge in [-0.25, -0.2) is 9.18 Å². The molecule has 8 nitrogen and oxygen atoms in total. The van der Waals surface area contributed by atoms with E-state index in [4.69, 9.17) is 9.47 Å². The molecule has 0 aromatic heterocycles. The van der Waals surface area contributed by atoms with E-state index in [1.807, 2.05) is 4.90 Å². The van der Waals surface area contributed by atoms with Crippen LogP contribution in [0.3, 0.4) is 0 Å². The standard InChI is InChI=1S/C24H27FN2O6/c25-20-14-17(3-7-21(20)26-9-11-32-12-10-26)27-15-19(33-24(27)31)6-5-18(28)4-1-16-2-8-22(29)23(30)13-16/h2-3,7-8,13-14,19,29-30H,1,4-6,9-12,15H2/t19-/m0/s1. The second-order valence-corrected chi connectivity index (χ2v) is 8.25. The Morgan fingerprint density at radius 3 is 2.58 bits per heavy atom. The molecule has 2 saturated heterocycles. The van der Waals surface area contributed by atoms with E-state index in [0.717, 1.165) is 5.56 Å². The molecule has 176 valence electrons. The minimum absolute atomic E-state index is 0.0120. The Hall–Kier alpha value is -3.33. The summed E-state index contributed by atoms with van der Waals surface area (Å²) in [5, 5.41) is 18.9. The van der Waals surface area contributed by atoms with Crippen LogP contribution >= 0.6 is 0 Å². The van der Waals surface area contributed by atoms with Gasteiger partial charge in [-0.1, -0.05) is 6.07 Å². The summed E-state index contributed by atoms with van der Waals surface area (Å²) in [6.45, 7) is 2.60. The molecule has 0 saturated carbocycles. The molecule has 1 atom stereocenters. The maximum absolute atomic E-state index is 14.7. The van der Waals surface area contributed by atoms with Gasteiger partial charge in [-0.3, -0.25) is 9.69 Å². The number of halogens is 1. The molecule has 33 heavy (non-hydrogen) atoms. The van der Waals surface area contributed by atoms with Crippen molar-refractivity contribution in [2.45, 2.75) is 31.8 Å². The first-order chi connectivity index (χ1) is 15.9. The zero-order chi connectivity index (χ0) is 23.4. The van der Waals surface area contributed by atoms with Crippen LogP contribution in [-0.2, 0) is 20.7 Å². The summed E-state index contributed by atoms with van der Waals surface area (Å²) in [6.07, 6.45) is 0.365. The van der Waals surface area contributed by atoms with Crippen molar-refractivity contribution in [3.05, 3.63) is 47.8 Å². The van der Waals surface area contributed by atoms with Crippen molar-refractivity contribution in [1.82, 2.24) is 0 Å². The van der Waals surface area contributed by atoms with Gasteiger partial charge in [0.15, 0.2) is 11.5 Å². The van der Waals surface area contributed by atoms with Crippen LogP contribution in [-0.4, -0.2) is 61.0 Å². The van der Waals surface area contributed by atoms with Crippen molar-refractivity contribution in [3.63, 3.8) is 0 Å². The first-order valence-corrected chi connectivity index (χ1v) is 11.0. The van der Waals surface area contributed by atoms with Crippen molar-refractivity contribution < 1.29 is 33.7 Å². The van der Waals surface area contributed by atoms with Gasteiger partial charge in [0.25, 0.3) is 0 Å². The summed E-state index contributed by atoms with van der Waals surface area (Å²) >= 11 is 0. The third kappa shape index (κ3) is 5.54. The van der Waals surface area contributed by atoms with Crippen molar-refractivity contribution in [3.8, 4) is 11.5 Å². The third-order valence-corrected chi connectivity index (χ3v) is 5.95. The molecule has 0 aliphatic carbocycles. The van der Waals surface area contributed by atoms with Crippen LogP contribution in [0.4, 0.5) is 20.6 Å². The maximum atomic E-state index is 14.7. The third-order valence-electron chi connectivity index (χ3n) is 5.95. The number of anilines is 2. The number of ether oxygens (including phenoxy) is 2. The molecule has 0 unspecified atom stereocenters. The lowest BCUT2D eigenvalue weighted by Crippen LogP contribution is -2.36. The number of phenols is 2. The largest absolute Gasteiger partial charge is 0.504 e. The van der Waals surface area contributed by atoms with E-state index in [9.17, 15) is 24.2 Å². The molecule has 2 fully saturated rings. The Balaban J connectivity index is 1.27. The molecule has 1 amide bonds. The average molecular weight is 458 g/mol. The van der Waals surface area contributed by atoms with Gasteiger partial charge in [-0.05, 0) is 48.7 Å². The molecule has 0 spiro atoms. The fourth-order valence-electron chi connectivity index (χ4n) is 4.06. The van der Waals surface area contributed by atoms with Gasteiger partial charge in [0, 0.05) is 25.9 Å². The number of cyclic esters (lactones) is 1. The molecule has 9 heteroatoms. The number of Topliss-reactive ketones (excluding diaryl/α,β-unsaturated/α-hetero) is 1. The number of nitrogens with zero attached hydrogens (tertiary/aromatic N) is 2. The highest BCUT2D eigenvalue weighted by atomic mass is 19.1. The maximum Gasteiger partial charge on any atom is 0.414 e. The highest BCUT2D eigenvalue weighted by Gasteiger charge is 2.33. The van der Waals surface area contributed by atoms with Gasteiger partial charge in [-0.2, -0.15) is 0 Å². The molecular formula is C24H27FN2O6. The number of benzene rings is 2. The van der Waals surface area contributed by atoms with Gasteiger partial charge in [0.05, 0.1) is 31.1 Å². The predicted molar refractivity (Wildman–Crippen MR) is 119 cm³/mol. The zero-order valence-electron chi connectivity index (χ0n) is 18.2. The van der Waals surface area contributed by atoms with Crippen molar-refractivity contribution >= 4 is 23.3 Å². The number of carbonyl (C=O) groups is 2. The summed E-state index contributed by atoms with van der Waals surface area (Å²) in [6, 6.07) is 9.19. The van der Waals surface area contributed by atoms with Gasteiger partial charge >= 0.3 is 6.09 Å². The number of amides is 1. The number of hydrogen-bond acceptors (Lipinski definition) is 7. The number of carbonyl (C=O) groups excluding carboxylic acids is 2. The second kappa shape index (κ2) is 10.1. The molecule has 2 aliphatic rings. The van der Waals surface area contributed by atoms with E-state index in [1.165, 1.54) is 23.1 Å². The molecule has 2 heterocycles. The van der Waals surface area contributed by atoms with Crippen LogP contribution in [0.2, 0.25) is 0 Å². The minimum Gasteiger partial charge on any atom is -0.504 e. The Morgan fingerprint density at radius 2 is 1.85 bits per heavy atom. The van der Waals surface area contributed by atoms with E-state index in [1.54, 1.807) is 18.2 Å². The lowest BCUT2D eigenvalue weighted by Gasteiger charge is -2.29. The fourth-order valence-corrected chi connectivity index (χ4v) is 4.06. The monoisotopic (exact) mass is 458 g/mol. The van der Waals surface area contributed by atoms with E-state index >= 15 is 0 Å². The summed E-state index contributed by atoms with van der Waals surface area (Å²) in [5.74, 6) is -0.806. The number of morpholine rings is 1. The number of rotatable bonds is 8. The Morgan fingerprint density at radius 1 is 1.06 bits per heavy atom. The van der Waals surface area contributed by atoms with Crippen LogP contribution in [0, 0.1) is 5.82 Å². The number of ketones is 1. The number of hydrogen-bond donors (Lipinski definition) is 2. The summed E-state index contributed by atoms with van der Waals surface area (Å²) in [5.41, 5.74) is 1.66. The number of aryl methyl sites for hydroxylation is 1. The molecule has 4 rings (SSSR count). The average Bonchev–Trinajstić information content (AvgIpc) is 3.19. The molecule has 0 bridgehead atoms. The summed E-state index contributed by atoms with van der Waals surface area (Å²) < 4.78 is 25.4. The quantitative estimate of drug-likeness (QED) is 0.585. The highest BCUT2D eigenvalue weighted by Crippen LogP contribution is 2.29. The van der Waals surface area contributed by atoms with Gasteiger partial charge < -0.3 is 24.6 Å². The van der Waals surface area contributed by atoms with Crippen LogP contribution in [0.5, 0.6) is 11.5 Å². The summed E-state index contributed by atoms with van der Waals surface area (Å²) in [7, 11) is 0. The Labute approximate surface area is 191 Å². The summed E-state index contributed by atoms with van der Waals surface area (Å²) in [4.78, 5) is 27.9. The van der Waals surface area contributed by atoms with E-state index in [-0.39, 0.29) is 36.7 Å². The van der Waals surface area contributed by atoms with Gasteiger partial charge in [0.2, 0.25) is 0 Å². The number of aromatic hydroxyl groups is 2. The van der Waals surface area contributed by atoms with E-state index in [2.05, 4.69) is 0 Å². The van der Waals surface area contributed by atoms with Crippen molar-refractivity contribution in [2.24, 2.45) is 0 Å². The second-order valence-electron chi connectivity index (χ2n) is 8.25. The van der Waals surface area contributed by atoms with Crippen LogP contribution in [0.15, 0.2) is 36.4 Å². The Bertz CT molecular complexity index is 1020. The highest BCUT2D eigenvalue weighted by molar-refractivity contribution is 5.90. The van der Waals surface area contributed by atoms with E-state index in [0.29, 0.717) is 50.5 Å². The number of phenolic OH excluding ortho intramolecular Hbond substituents is 2. The predicted octanol–water partition coefficient (Wildman–Crippen LogP) is 3.38. The SMILES string of the molecule is O=C(CCc1ccc(O)c(O)c1)CC[C@H]1CN(c2ccc(N3CCOCC3)c(F)c2)C(=O)O1. The molecule has 2 aromatic carbocycles. The smallest absolute Gasteiger partial charge is 0.414 e.